The molecule has 5 N–H and O–H groups in total. The van der Waals surface area contributed by atoms with Gasteiger partial charge in [-0.15, -0.1) is 0 Å². The first kappa shape index (κ1) is 16.1. The summed E-state index contributed by atoms with van der Waals surface area (Å²) >= 11 is 0. The third kappa shape index (κ3) is 2.62. The van der Waals surface area contributed by atoms with Crippen LogP contribution in [0.2, 0.25) is 0 Å². The van der Waals surface area contributed by atoms with Crippen molar-refractivity contribution in [3.05, 3.63) is 12.1 Å². The van der Waals surface area contributed by atoms with Crippen molar-refractivity contribution in [2.75, 3.05) is 44.4 Å². The second kappa shape index (κ2) is 6.36. The maximum absolute atomic E-state index is 12.4. The Morgan fingerprint density at radius 1 is 1.42 bits per heavy atom. The summed E-state index contributed by atoms with van der Waals surface area (Å²) in [6.07, 6.45) is 0.850. The number of hydrogen-bond donors (Lipinski definition) is 4. The number of carbonyl (C=O) groups excluding carboxylic acids is 1. The first-order valence-corrected chi connectivity index (χ1v) is 7.66. The Morgan fingerprint density at radius 3 is 2.83 bits per heavy atom. The summed E-state index contributed by atoms with van der Waals surface area (Å²) in [7, 11) is 1.51. The number of nitrogens with zero attached hydrogens (tertiary/aromatic N) is 3. The molecule has 128 valence electrons. The topological polar surface area (TPSA) is 127 Å². The number of aliphatic imine (C=N–C) groups is 1. The van der Waals surface area contributed by atoms with Crippen molar-refractivity contribution in [2.45, 2.75) is 6.42 Å². The van der Waals surface area contributed by atoms with Crippen LogP contribution in [0.5, 0.6) is 5.75 Å². The van der Waals surface area contributed by atoms with E-state index < -0.39 is 0 Å². The van der Waals surface area contributed by atoms with E-state index >= 15 is 0 Å². The summed E-state index contributed by atoms with van der Waals surface area (Å²) in [6, 6.07) is 3.25. The zero-order valence-corrected chi connectivity index (χ0v) is 13.4. The number of amidine groups is 1. The van der Waals surface area contributed by atoms with Crippen molar-refractivity contribution < 1.29 is 14.6 Å². The molecule has 0 unspecified atom stereocenters. The van der Waals surface area contributed by atoms with E-state index in [0.29, 0.717) is 42.4 Å². The molecule has 2 aliphatic rings. The van der Waals surface area contributed by atoms with Crippen molar-refractivity contribution in [3.8, 4) is 5.75 Å². The molecule has 2 fully saturated rings. The number of nitrogens with one attached hydrogen (secondary N) is 2. The molecule has 0 spiro atoms. The highest BCUT2D eigenvalue weighted by Crippen LogP contribution is 2.35. The van der Waals surface area contributed by atoms with E-state index in [-0.39, 0.29) is 24.1 Å². The zero-order valence-electron chi connectivity index (χ0n) is 13.4. The van der Waals surface area contributed by atoms with Crippen molar-refractivity contribution in [2.24, 2.45) is 4.99 Å². The molecule has 9 nitrogen and oxygen atoms in total. The quantitative estimate of drug-likeness (QED) is 0.570. The Morgan fingerprint density at radius 2 is 2.17 bits per heavy atom. The van der Waals surface area contributed by atoms with E-state index in [0.717, 1.165) is 6.42 Å². The second-order valence-corrected chi connectivity index (χ2v) is 5.48. The van der Waals surface area contributed by atoms with Crippen LogP contribution in [0.3, 0.4) is 0 Å². The van der Waals surface area contributed by atoms with Crippen LogP contribution < -0.4 is 15.8 Å². The SMILES string of the molecule is COc1cc(N=C2C(=N)N3CCCN3C2=O)c(N)cc1NCCO. The predicted octanol–water partition coefficient (Wildman–Crippen LogP) is 0.194. The Balaban J connectivity index is 1.95. The Bertz CT molecular complexity index is 693. The number of benzene rings is 1. The molecule has 0 aliphatic carbocycles. The molecule has 3 rings (SSSR count). The van der Waals surface area contributed by atoms with Gasteiger partial charge in [-0.2, -0.15) is 0 Å². The largest absolute Gasteiger partial charge is 0.495 e. The van der Waals surface area contributed by atoms with Gasteiger partial charge in [-0.05, 0) is 12.5 Å². The number of ether oxygens (including phenoxy) is 1. The van der Waals surface area contributed by atoms with Crippen molar-refractivity contribution in [3.63, 3.8) is 0 Å². The van der Waals surface area contributed by atoms with Crippen LogP contribution in [0, 0.1) is 5.41 Å². The number of fused-ring (bicyclic) bond motifs is 1. The van der Waals surface area contributed by atoms with Crippen molar-refractivity contribution in [1.29, 1.82) is 5.41 Å². The van der Waals surface area contributed by atoms with Gasteiger partial charge in [0.1, 0.15) is 5.75 Å². The third-order valence-electron chi connectivity index (χ3n) is 3.96. The minimum absolute atomic E-state index is 0.0234. The lowest BCUT2D eigenvalue weighted by Crippen LogP contribution is -2.33. The fourth-order valence-electron chi connectivity index (χ4n) is 2.80. The average molecular weight is 332 g/mol. The van der Waals surface area contributed by atoms with Crippen molar-refractivity contribution >= 4 is 34.5 Å². The molecule has 9 heteroatoms. The van der Waals surface area contributed by atoms with Crippen LogP contribution in [0.25, 0.3) is 0 Å². The number of amides is 1. The Hall–Kier alpha value is -2.81. The number of nitrogens with two attached hydrogens (primary N) is 1. The van der Waals surface area contributed by atoms with Crippen LogP contribution in [-0.2, 0) is 4.79 Å². The van der Waals surface area contributed by atoms with Crippen LogP contribution >= 0.6 is 0 Å². The Kier molecular flexibility index (Phi) is 4.26. The van der Waals surface area contributed by atoms with E-state index in [2.05, 4.69) is 10.3 Å². The third-order valence-corrected chi connectivity index (χ3v) is 3.96. The monoisotopic (exact) mass is 332 g/mol. The number of carbonyl (C=O) groups is 1. The minimum Gasteiger partial charge on any atom is -0.495 e. The van der Waals surface area contributed by atoms with Gasteiger partial charge in [-0.3, -0.25) is 15.2 Å². The maximum Gasteiger partial charge on any atom is 0.294 e. The summed E-state index contributed by atoms with van der Waals surface area (Å²) in [5.74, 6) is 0.312. The first-order chi connectivity index (χ1) is 11.6. The molecule has 1 amide bonds. The number of hydrazine groups is 1. The highest BCUT2D eigenvalue weighted by Gasteiger charge is 2.42. The van der Waals surface area contributed by atoms with Gasteiger partial charge in [0.15, 0.2) is 11.5 Å². The fraction of sp³-hybridized carbons (Fsp3) is 0.400. The van der Waals surface area contributed by atoms with Gasteiger partial charge >= 0.3 is 0 Å². The van der Waals surface area contributed by atoms with Gasteiger partial charge in [-0.1, -0.05) is 0 Å². The fourth-order valence-corrected chi connectivity index (χ4v) is 2.80. The van der Waals surface area contributed by atoms with Crippen LogP contribution in [-0.4, -0.2) is 65.9 Å². The Labute approximate surface area is 139 Å². The highest BCUT2D eigenvalue weighted by molar-refractivity contribution is 6.68. The molecular weight excluding hydrogens is 312 g/mol. The molecule has 2 saturated heterocycles. The van der Waals surface area contributed by atoms with E-state index in [1.54, 1.807) is 17.1 Å². The second-order valence-electron chi connectivity index (χ2n) is 5.48. The number of nitrogen functional groups attached to an aromatic ring is 1. The number of rotatable bonds is 5. The summed E-state index contributed by atoms with van der Waals surface area (Å²) in [5, 5.41) is 23.2. The number of methoxy groups -OCH3 is 1. The lowest BCUT2D eigenvalue weighted by atomic mass is 10.2. The lowest BCUT2D eigenvalue weighted by molar-refractivity contribution is -0.129. The molecule has 0 bridgehead atoms. The summed E-state index contributed by atoms with van der Waals surface area (Å²) in [6.45, 7) is 1.58. The van der Waals surface area contributed by atoms with E-state index in [1.165, 1.54) is 12.1 Å². The summed E-state index contributed by atoms with van der Waals surface area (Å²) < 4.78 is 5.30. The molecule has 1 aromatic carbocycles. The van der Waals surface area contributed by atoms with Crippen LogP contribution in [0.1, 0.15) is 6.42 Å². The molecule has 24 heavy (non-hydrogen) atoms. The van der Waals surface area contributed by atoms with Gasteiger partial charge < -0.3 is 20.9 Å². The number of hydrogen-bond acceptors (Lipinski definition) is 7. The van der Waals surface area contributed by atoms with E-state index in [4.69, 9.17) is 21.0 Å². The van der Waals surface area contributed by atoms with E-state index in [9.17, 15) is 4.79 Å². The number of aliphatic hydroxyl groups excluding tert-OH is 1. The van der Waals surface area contributed by atoms with Crippen molar-refractivity contribution in [1.82, 2.24) is 10.0 Å². The number of anilines is 2. The van der Waals surface area contributed by atoms with Crippen LogP contribution in [0.4, 0.5) is 17.1 Å². The molecule has 0 aromatic heterocycles. The predicted molar refractivity (Wildman–Crippen MR) is 90.8 cm³/mol. The van der Waals surface area contributed by atoms with Gasteiger partial charge in [-0.25, -0.2) is 10.0 Å². The smallest absolute Gasteiger partial charge is 0.294 e. The zero-order chi connectivity index (χ0) is 17.3. The number of aliphatic hydroxyl groups is 1. The van der Waals surface area contributed by atoms with Gasteiger partial charge in [0, 0.05) is 25.7 Å². The minimum atomic E-state index is -0.279. The molecule has 1 aromatic rings. The first-order valence-electron chi connectivity index (χ1n) is 7.66. The normalized spacial score (nSPS) is 18.5. The average Bonchev–Trinajstić information content (AvgIpc) is 3.14. The van der Waals surface area contributed by atoms with Crippen LogP contribution in [0.15, 0.2) is 17.1 Å². The maximum atomic E-state index is 12.4. The standard InChI is InChI=1S/C15H20N6O3/c1-24-12-8-10(9(16)7-11(12)18-3-6-22)19-13-14(17)20-4-2-5-21(20)15(13)23/h7-8,17-18,22H,2-6,16H2,1H3. The molecule has 2 heterocycles. The van der Waals surface area contributed by atoms with Gasteiger partial charge in [0.2, 0.25) is 0 Å². The van der Waals surface area contributed by atoms with Gasteiger partial charge in [0.05, 0.1) is 30.8 Å². The lowest BCUT2D eigenvalue weighted by Gasteiger charge is -2.17. The molecule has 2 aliphatic heterocycles. The highest BCUT2D eigenvalue weighted by atomic mass is 16.5. The van der Waals surface area contributed by atoms with E-state index in [1.807, 2.05) is 0 Å². The molecular formula is C15H20N6O3. The molecule has 0 atom stereocenters. The summed E-state index contributed by atoms with van der Waals surface area (Å²) in [5.41, 5.74) is 7.47. The summed E-state index contributed by atoms with van der Waals surface area (Å²) in [4.78, 5) is 16.7. The molecule has 0 radical (unpaired) electrons. The molecule has 0 saturated carbocycles. The van der Waals surface area contributed by atoms with Gasteiger partial charge in [0.25, 0.3) is 5.91 Å².